The smallest absolute Gasteiger partial charge is 0.326 e. The molecule has 1 aliphatic heterocycles. The van der Waals surface area contributed by atoms with E-state index < -0.39 is 36.0 Å². The van der Waals surface area contributed by atoms with Gasteiger partial charge in [0.2, 0.25) is 11.8 Å². The second-order valence-corrected chi connectivity index (χ2v) is 8.95. The summed E-state index contributed by atoms with van der Waals surface area (Å²) in [4.78, 5) is 52.1. The molecule has 4 atom stereocenters. The van der Waals surface area contributed by atoms with E-state index in [0.717, 1.165) is 0 Å². The number of aliphatic carboxylic acids is 1. The van der Waals surface area contributed by atoms with Crippen LogP contribution in [0.2, 0.25) is 0 Å². The first-order chi connectivity index (χ1) is 15.0. The molecule has 1 heterocycles. The Morgan fingerprint density at radius 2 is 1.69 bits per heavy atom. The van der Waals surface area contributed by atoms with E-state index in [1.165, 1.54) is 4.90 Å². The lowest BCUT2D eigenvalue weighted by Crippen LogP contribution is -2.61. The zero-order valence-electron chi connectivity index (χ0n) is 19.5. The molecule has 1 aromatic carbocycles. The second kappa shape index (κ2) is 10.5. The van der Waals surface area contributed by atoms with Gasteiger partial charge in [0.1, 0.15) is 18.1 Å². The van der Waals surface area contributed by atoms with E-state index >= 15 is 0 Å². The van der Waals surface area contributed by atoms with Crippen LogP contribution in [0.4, 0.5) is 16.2 Å². The van der Waals surface area contributed by atoms with Crippen LogP contribution in [0.1, 0.15) is 48.0 Å². The fourth-order valence-electron chi connectivity index (χ4n) is 3.76. The third-order valence-electron chi connectivity index (χ3n) is 5.82. The van der Waals surface area contributed by atoms with Crippen molar-refractivity contribution in [3.05, 3.63) is 24.3 Å². The molecule has 32 heavy (non-hydrogen) atoms. The number of para-hydroxylation sites is 2. The third kappa shape index (κ3) is 5.38. The molecule has 9 heteroatoms. The van der Waals surface area contributed by atoms with Crippen LogP contribution in [0.15, 0.2) is 24.3 Å². The van der Waals surface area contributed by atoms with Crippen molar-refractivity contribution < 1.29 is 24.3 Å². The van der Waals surface area contributed by atoms with Gasteiger partial charge in [-0.1, -0.05) is 60.1 Å². The largest absolute Gasteiger partial charge is 0.480 e. The number of amides is 4. The van der Waals surface area contributed by atoms with Crippen molar-refractivity contribution in [1.29, 1.82) is 0 Å². The van der Waals surface area contributed by atoms with Crippen LogP contribution < -0.4 is 20.9 Å². The summed E-state index contributed by atoms with van der Waals surface area (Å²) in [6.45, 7) is 10.8. The van der Waals surface area contributed by atoms with Crippen molar-refractivity contribution in [2.75, 3.05) is 10.2 Å². The summed E-state index contributed by atoms with van der Waals surface area (Å²) in [5, 5.41) is 17.6. The minimum absolute atomic E-state index is 0.178. The van der Waals surface area contributed by atoms with Gasteiger partial charge in [-0.3, -0.25) is 14.5 Å². The van der Waals surface area contributed by atoms with E-state index in [1.54, 1.807) is 45.0 Å². The lowest BCUT2D eigenvalue weighted by molar-refractivity contribution is -0.143. The number of nitrogens with zero attached hydrogens (tertiary/aromatic N) is 1. The van der Waals surface area contributed by atoms with Gasteiger partial charge in [-0.15, -0.1) is 0 Å². The fourth-order valence-corrected chi connectivity index (χ4v) is 3.76. The Morgan fingerprint density at radius 1 is 1.06 bits per heavy atom. The number of carboxylic acids is 1. The third-order valence-corrected chi connectivity index (χ3v) is 5.82. The summed E-state index contributed by atoms with van der Waals surface area (Å²) >= 11 is 0. The number of urea groups is 1. The zero-order chi connectivity index (χ0) is 24.2. The van der Waals surface area contributed by atoms with Gasteiger partial charge in [0.25, 0.3) is 0 Å². The summed E-state index contributed by atoms with van der Waals surface area (Å²) in [5.41, 5.74) is 1.05. The Bertz CT molecular complexity index is 870. The number of carbonyl (C=O) groups is 4. The van der Waals surface area contributed by atoms with Gasteiger partial charge in [0.05, 0.1) is 11.4 Å². The number of nitrogens with one attached hydrogen (secondary N) is 3. The van der Waals surface area contributed by atoms with Crippen LogP contribution in [0.3, 0.4) is 0 Å². The molecule has 4 amide bonds. The Hall–Kier alpha value is -3.10. The van der Waals surface area contributed by atoms with Crippen molar-refractivity contribution in [1.82, 2.24) is 10.6 Å². The number of fused-ring (bicyclic) bond motifs is 1. The van der Waals surface area contributed by atoms with Crippen LogP contribution in [-0.4, -0.2) is 47.0 Å². The van der Waals surface area contributed by atoms with Crippen molar-refractivity contribution in [3.8, 4) is 0 Å². The maximum absolute atomic E-state index is 13.4. The van der Waals surface area contributed by atoms with Crippen LogP contribution in [-0.2, 0) is 14.4 Å². The number of hydrogen-bond donors (Lipinski definition) is 4. The van der Waals surface area contributed by atoms with E-state index in [-0.39, 0.29) is 23.7 Å². The van der Waals surface area contributed by atoms with Gasteiger partial charge < -0.3 is 21.1 Å². The molecule has 0 saturated carbocycles. The molecule has 0 bridgehead atoms. The predicted octanol–water partition coefficient (Wildman–Crippen LogP) is 2.82. The minimum Gasteiger partial charge on any atom is -0.480 e. The van der Waals surface area contributed by atoms with Crippen molar-refractivity contribution >= 4 is 35.2 Å². The quantitative estimate of drug-likeness (QED) is 0.488. The SMILES string of the molecule is CC[C@@H](C)[C@H](NC(=O)[C@@H](NC(=O)N1c2ccccc2NC(=O)[C@@H]1C(C)C)C(C)C)C(=O)O. The van der Waals surface area contributed by atoms with Crippen LogP contribution in [0, 0.1) is 17.8 Å². The number of anilines is 2. The molecule has 0 aromatic heterocycles. The lowest BCUT2D eigenvalue weighted by Gasteiger charge is -2.39. The molecule has 1 aromatic rings. The molecular formula is C23H34N4O5. The Morgan fingerprint density at radius 3 is 2.22 bits per heavy atom. The summed E-state index contributed by atoms with van der Waals surface area (Å²) in [6.07, 6.45) is 0.575. The van der Waals surface area contributed by atoms with Gasteiger partial charge in [-0.05, 0) is 29.9 Å². The van der Waals surface area contributed by atoms with E-state index in [2.05, 4.69) is 16.0 Å². The topological polar surface area (TPSA) is 128 Å². The second-order valence-electron chi connectivity index (χ2n) is 8.95. The number of rotatable bonds is 8. The fraction of sp³-hybridized carbons (Fsp3) is 0.565. The summed E-state index contributed by atoms with van der Waals surface area (Å²) in [7, 11) is 0. The molecular weight excluding hydrogens is 412 g/mol. The van der Waals surface area contributed by atoms with E-state index in [9.17, 15) is 24.3 Å². The highest BCUT2D eigenvalue weighted by atomic mass is 16.4. The number of carboxylic acid groups (broad SMARTS) is 1. The summed E-state index contributed by atoms with van der Waals surface area (Å²) < 4.78 is 0. The molecule has 0 radical (unpaired) electrons. The first-order valence-electron chi connectivity index (χ1n) is 11.0. The normalized spacial score (nSPS) is 18.4. The number of carbonyl (C=O) groups excluding carboxylic acids is 3. The van der Waals surface area contributed by atoms with Crippen LogP contribution in [0.5, 0.6) is 0 Å². The summed E-state index contributed by atoms with van der Waals surface area (Å²) in [5.74, 6) is -2.76. The Labute approximate surface area is 188 Å². The maximum Gasteiger partial charge on any atom is 0.326 e. The van der Waals surface area contributed by atoms with Crippen LogP contribution >= 0.6 is 0 Å². The molecule has 4 N–H and O–H groups in total. The summed E-state index contributed by atoms with van der Waals surface area (Å²) in [6, 6.07) is 3.59. The highest BCUT2D eigenvalue weighted by molar-refractivity contribution is 6.12. The molecule has 2 rings (SSSR count). The molecule has 176 valence electrons. The molecule has 9 nitrogen and oxygen atoms in total. The average Bonchev–Trinajstić information content (AvgIpc) is 2.73. The maximum atomic E-state index is 13.4. The van der Waals surface area contributed by atoms with Crippen molar-refractivity contribution in [2.24, 2.45) is 17.8 Å². The molecule has 0 fully saturated rings. The van der Waals surface area contributed by atoms with Gasteiger partial charge >= 0.3 is 12.0 Å². The van der Waals surface area contributed by atoms with Gasteiger partial charge in [-0.25, -0.2) is 9.59 Å². The standard InChI is InChI=1S/C23H34N4O5/c1-7-14(6)18(22(30)31)25-20(28)17(12(2)3)26-23(32)27-16-11-9-8-10-15(16)24-21(29)19(27)13(4)5/h8-14,17-19H,7H2,1-6H3,(H,24,29)(H,25,28)(H,26,32)(H,30,31)/t14-,17+,18+,19+/m1/s1. The highest BCUT2D eigenvalue weighted by Gasteiger charge is 2.40. The number of benzene rings is 1. The van der Waals surface area contributed by atoms with E-state index in [4.69, 9.17) is 0 Å². The van der Waals surface area contributed by atoms with Crippen molar-refractivity contribution in [2.45, 2.75) is 66.1 Å². The minimum atomic E-state index is -1.12. The molecule has 0 aliphatic carbocycles. The zero-order valence-corrected chi connectivity index (χ0v) is 19.5. The monoisotopic (exact) mass is 446 g/mol. The van der Waals surface area contributed by atoms with E-state index in [1.807, 2.05) is 20.8 Å². The van der Waals surface area contributed by atoms with E-state index in [0.29, 0.717) is 17.8 Å². The average molecular weight is 447 g/mol. The first-order valence-corrected chi connectivity index (χ1v) is 11.0. The van der Waals surface area contributed by atoms with Crippen molar-refractivity contribution in [3.63, 3.8) is 0 Å². The molecule has 1 aliphatic rings. The van der Waals surface area contributed by atoms with Crippen LogP contribution in [0.25, 0.3) is 0 Å². The molecule has 0 unspecified atom stereocenters. The lowest BCUT2D eigenvalue weighted by atomic mass is 9.96. The predicted molar refractivity (Wildman–Crippen MR) is 122 cm³/mol. The van der Waals surface area contributed by atoms with Gasteiger partial charge in [0, 0.05) is 0 Å². The van der Waals surface area contributed by atoms with Gasteiger partial charge in [0.15, 0.2) is 0 Å². The molecule has 0 saturated heterocycles. The highest BCUT2D eigenvalue weighted by Crippen LogP contribution is 2.34. The number of hydrogen-bond acceptors (Lipinski definition) is 4. The van der Waals surface area contributed by atoms with Gasteiger partial charge in [-0.2, -0.15) is 0 Å². The molecule has 0 spiro atoms. The Kier molecular flexibility index (Phi) is 8.24. The Balaban J connectivity index is 2.32. The first kappa shape index (κ1) is 25.2.